The van der Waals surface area contributed by atoms with Crippen molar-refractivity contribution in [1.82, 2.24) is 20.5 Å². The molecule has 3 rings (SSSR count). The second kappa shape index (κ2) is 11.5. The van der Waals surface area contributed by atoms with E-state index in [9.17, 15) is 0 Å². The number of hydrogen-bond acceptors (Lipinski definition) is 4. The van der Waals surface area contributed by atoms with Crippen LogP contribution in [0.4, 0.5) is 0 Å². The summed E-state index contributed by atoms with van der Waals surface area (Å²) in [6.45, 7) is 8.77. The number of nitrogens with zero attached hydrogens (tertiary/aromatic N) is 3. The number of halogens is 2. The number of nitrogens with one attached hydrogen (secondary N) is 2. The molecule has 1 fully saturated rings. The Hall–Kier alpha value is -1.32. The van der Waals surface area contributed by atoms with E-state index in [2.05, 4.69) is 65.5 Å². The van der Waals surface area contributed by atoms with Gasteiger partial charge in [0.2, 0.25) is 5.89 Å². The zero-order valence-corrected chi connectivity index (χ0v) is 22.2. The van der Waals surface area contributed by atoms with Gasteiger partial charge in [-0.25, -0.2) is 4.98 Å². The van der Waals surface area contributed by atoms with Crippen molar-refractivity contribution in [1.29, 1.82) is 0 Å². The minimum atomic E-state index is -0.0481. The first-order valence-electron chi connectivity index (χ1n) is 10.6. The van der Waals surface area contributed by atoms with Crippen LogP contribution in [-0.4, -0.2) is 43.0 Å². The van der Waals surface area contributed by atoms with Gasteiger partial charge in [0.25, 0.3) is 0 Å². The molecule has 2 atom stereocenters. The average molecular weight is 560 g/mol. The molecule has 6 nitrogen and oxygen atoms in total. The number of oxazole rings is 1. The Bertz CT molecular complexity index is 864. The van der Waals surface area contributed by atoms with E-state index in [4.69, 9.17) is 16.0 Å². The lowest BCUT2D eigenvalue weighted by Crippen LogP contribution is -2.44. The number of aromatic nitrogens is 1. The predicted molar refractivity (Wildman–Crippen MR) is 138 cm³/mol. The third-order valence-corrected chi connectivity index (χ3v) is 5.89. The molecule has 1 aliphatic heterocycles. The maximum atomic E-state index is 6.26. The van der Waals surface area contributed by atoms with Crippen LogP contribution < -0.4 is 10.6 Å². The number of guanidine groups is 1. The largest absolute Gasteiger partial charge is 0.443 e. The number of benzene rings is 1. The van der Waals surface area contributed by atoms with E-state index >= 15 is 0 Å². The molecule has 1 aromatic carbocycles. The first kappa shape index (κ1) is 25.9. The molecule has 0 radical (unpaired) electrons. The van der Waals surface area contributed by atoms with Crippen LogP contribution >= 0.6 is 35.6 Å². The summed E-state index contributed by atoms with van der Waals surface area (Å²) in [5.74, 6) is 2.77. The van der Waals surface area contributed by atoms with Gasteiger partial charge in [0.15, 0.2) is 5.96 Å². The van der Waals surface area contributed by atoms with Crippen LogP contribution in [0, 0.1) is 5.92 Å². The molecule has 0 saturated carbocycles. The summed E-state index contributed by atoms with van der Waals surface area (Å²) in [6, 6.07) is 8.56. The van der Waals surface area contributed by atoms with Crippen molar-refractivity contribution in [2.75, 3.05) is 27.2 Å². The molecule has 31 heavy (non-hydrogen) atoms. The fraction of sp³-hybridized carbons (Fsp3) is 0.565. The van der Waals surface area contributed by atoms with E-state index < -0.39 is 0 Å². The van der Waals surface area contributed by atoms with Crippen molar-refractivity contribution in [3.05, 3.63) is 52.7 Å². The van der Waals surface area contributed by atoms with Crippen LogP contribution in [0.1, 0.15) is 56.9 Å². The summed E-state index contributed by atoms with van der Waals surface area (Å²) in [4.78, 5) is 11.2. The summed E-state index contributed by atoms with van der Waals surface area (Å²) in [7, 11) is 3.98. The molecule has 1 saturated heterocycles. The van der Waals surface area contributed by atoms with Crippen molar-refractivity contribution in [2.24, 2.45) is 10.9 Å². The maximum absolute atomic E-state index is 6.26. The Morgan fingerprint density at radius 3 is 2.74 bits per heavy atom. The van der Waals surface area contributed by atoms with Gasteiger partial charge in [-0.2, -0.15) is 0 Å². The van der Waals surface area contributed by atoms with Gasteiger partial charge in [0.05, 0.1) is 12.7 Å². The molecule has 0 bridgehead atoms. The number of aliphatic imine (C=N–C) groups is 1. The molecule has 2 heterocycles. The van der Waals surface area contributed by atoms with Crippen molar-refractivity contribution < 1.29 is 4.42 Å². The Kier molecular flexibility index (Phi) is 9.64. The van der Waals surface area contributed by atoms with Gasteiger partial charge in [0, 0.05) is 30.1 Å². The lowest BCUT2D eigenvalue weighted by molar-refractivity contribution is 0.122. The summed E-state index contributed by atoms with van der Waals surface area (Å²) >= 11 is 6.26. The van der Waals surface area contributed by atoms with Crippen LogP contribution in [0.3, 0.4) is 0 Å². The zero-order valence-electron chi connectivity index (χ0n) is 19.1. The molecule has 172 valence electrons. The molecular formula is C23H35ClIN5O. The second-order valence-corrected chi connectivity index (χ2v) is 9.49. The lowest BCUT2D eigenvalue weighted by atomic mass is 9.85. The molecule has 0 spiro atoms. The molecule has 2 aromatic rings. The number of rotatable bonds is 5. The van der Waals surface area contributed by atoms with Crippen molar-refractivity contribution in [3.8, 4) is 0 Å². The monoisotopic (exact) mass is 559 g/mol. The Morgan fingerprint density at radius 2 is 2.10 bits per heavy atom. The summed E-state index contributed by atoms with van der Waals surface area (Å²) in [6.07, 6.45) is 4.17. The molecule has 1 aromatic heterocycles. The first-order chi connectivity index (χ1) is 14.3. The first-order valence-corrected chi connectivity index (χ1v) is 11.0. The van der Waals surface area contributed by atoms with Gasteiger partial charge in [-0.3, -0.25) is 9.89 Å². The molecule has 8 heteroatoms. The Morgan fingerprint density at radius 1 is 1.32 bits per heavy atom. The van der Waals surface area contributed by atoms with Crippen LogP contribution in [-0.2, 0) is 12.0 Å². The molecular weight excluding hydrogens is 525 g/mol. The van der Waals surface area contributed by atoms with Crippen molar-refractivity contribution in [3.63, 3.8) is 0 Å². The fourth-order valence-corrected chi connectivity index (χ4v) is 4.24. The fourth-order valence-electron chi connectivity index (χ4n) is 4.04. The predicted octanol–water partition coefficient (Wildman–Crippen LogP) is 4.99. The number of hydrogen-bond donors (Lipinski definition) is 2. The van der Waals surface area contributed by atoms with Gasteiger partial charge >= 0.3 is 0 Å². The van der Waals surface area contributed by atoms with E-state index in [1.807, 2.05) is 12.1 Å². The van der Waals surface area contributed by atoms with E-state index in [1.54, 1.807) is 13.2 Å². The highest BCUT2D eigenvalue weighted by Crippen LogP contribution is 2.35. The van der Waals surface area contributed by atoms with Gasteiger partial charge in [-0.05, 0) is 50.0 Å². The van der Waals surface area contributed by atoms with Crippen LogP contribution in [0.2, 0.25) is 5.02 Å². The highest BCUT2D eigenvalue weighted by molar-refractivity contribution is 14.0. The molecule has 0 aliphatic carbocycles. The minimum Gasteiger partial charge on any atom is -0.443 e. The average Bonchev–Trinajstić information content (AvgIpc) is 3.18. The number of piperidine rings is 1. The smallest absolute Gasteiger partial charge is 0.213 e. The van der Waals surface area contributed by atoms with Crippen molar-refractivity contribution >= 4 is 41.5 Å². The summed E-state index contributed by atoms with van der Waals surface area (Å²) < 4.78 is 5.86. The van der Waals surface area contributed by atoms with Gasteiger partial charge in [-0.1, -0.05) is 44.5 Å². The highest BCUT2D eigenvalue weighted by atomic mass is 127. The standard InChI is InChI=1S/C23H34ClN5O.HI/c1-23(2,3)19-14-26-20(30-19)15-28-22(25-4)27-13-17-9-7-11-29(5)21(17)16-8-6-10-18(24)12-16;/h6,8,10,12,14,17,21H,7,9,11,13,15H2,1-5H3,(H2,25,27,28);1H. The van der Waals surface area contributed by atoms with Gasteiger partial charge in [0.1, 0.15) is 5.76 Å². The molecule has 2 unspecified atom stereocenters. The summed E-state index contributed by atoms with van der Waals surface area (Å²) in [5.41, 5.74) is 1.22. The normalized spacial score (nSPS) is 20.3. The number of likely N-dealkylation sites (tertiary alicyclic amines) is 1. The van der Waals surface area contributed by atoms with Crippen LogP contribution in [0.15, 0.2) is 39.9 Å². The maximum Gasteiger partial charge on any atom is 0.213 e. The second-order valence-electron chi connectivity index (χ2n) is 9.06. The Balaban J connectivity index is 0.00000341. The van der Waals surface area contributed by atoms with Gasteiger partial charge < -0.3 is 15.1 Å². The summed E-state index contributed by atoms with van der Waals surface area (Å²) in [5, 5.41) is 7.59. The molecule has 0 amide bonds. The minimum absolute atomic E-state index is 0. The molecule has 2 N–H and O–H groups in total. The lowest BCUT2D eigenvalue weighted by Gasteiger charge is -2.40. The van der Waals surface area contributed by atoms with E-state index in [0.717, 1.165) is 29.8 Å². The third-order valence-electron chi connectivity index (χ3n) is 5.65. The third kappa shape index (κ3) is 7.08. The topological polar surface area (TPSA) is 65.7 Å². The van der Waals surface area contributed by atoms with Crippen molar-refractivity contribution in [2.45, 2.75) is 51.6 Å². The van der Waals surface area contributed by atoms with E-state index in [1.165, 1.54) is 18.4 Å². The Labute approximate surface area is 208 Å². The highest BCUT2D eigenvalue weighted by Gasteiger charge is 2.30. The zero-order chi connectivity index (χ0) is 21.7. The molecule has 1 aliphatic rings. The van der Waals surface area contributed by atoms with Crippen LogP contribution in [0.25, 0.3) is 0 Å². The van der Waals surface area contributed by atoms with Crippen LogP contribution in [0.5, 0.6) is 0 Å². The van der Waals surface area contributed by atoms with Gasteiger partial charge in [-0.15, -0.1) is 24.0 Å². The quantitative estimate of drug-likeness (QED) is 0.307. The van der Waals surface area contributed by atoms with E-state index in [0.29, 0.717) is 24.4 Å². The van der Waals surface area contributed by atoms with E-state index in [-0.39, 0.29) is 29.4 Å². The SMILES string of the molecule is CN=C(NCc1ncc(C(C)(C)C)o1)NCC1CCCN(C)C1c1cccc(Cl)c1.I.